The van der Waals surface area contributed by atoms with Crippen LogP contribution in [0.4, 0.5) is 18.9 Å². The lowest BCUT2D eigenvalue weighted by molar-refractivity contribution is -0.122. The molecule has 1 N–H and O–H groups in total. The van der Waals surface area contributed by atoms with E-state index >= 15 is 0 Å². The molecule has 0 aromatic heterocycles. The van der Waals surface area contributed by atoms with Gasteiger partial charge in [0.2, 0.25) is 0 Å². The third kappa shape index (κ3) is 4.28. The van der Waals surface area contributed by atoms with Crippen LogP contribution in [0.5, 0.6) is 5.75 Å². The molecule has 2 aromatic carbocycles. The zero-order chi connectivity index (χ0) is 18.6. The Morgan fingerprint density at radius 1 is 1.00 bits per heavy atom. The van der Waals surface area contributed by atoms with Crippen LogP contribution in [0.3, 0.4) is 0 Å². The molecule has 0 radical (unpaired) electrons. The van der Waals surface area contributed by atoms with Crippen molar-refractivity contribution in [3.8, 4) is 5.75 Å². The average Bonchev–Trinajstić information content (AvgIpc) is 2.62. The highest BCUT2D eigenvalue weighted by Gasteiger charge is 2.19. The molecular weight excluding hydrogens is 339 g/mol. The predicted octanol–water partition coefficient (Wildman–Crippen LogP) is 3.30. The number of hydrogen-bond acceptors (Lipinski definition) is 4. The van der Waals surface area contributed by atoms with Crippen LogP contribution in [0, 0.1) is 17.5 Å². The lowest BCUT2D eigenvalue weighted by Gasteiger charge is -2.15. The smallest absolute Gasteiger partial charge is 0.337 e. The zero-order valence-electron chi connectivity index (χ0n) is 13.3. The average molecular weight is 353 g/mol. The Labute approximate surface area is 141 Å². The molecule has 0 aliphatic heterocycles. The second-order valence-electron chi connectivity index (χ2n) is 4.99. The highest BCUT2D eigenvalue weighted by molar-refractivity contribution is 5.94. The highest BCUT2D eigenvalue weighted by atomic mass is 19.2. The van der Waals surface area contributed by atoms with Gasteiger partial charge in [0.05, 0.1) is 18.4 Å². The fraction of sp³-hybridized carbons (Fsp3) is 0.176. The Kier molecular flexibility index (Phi) is 5.63. The van der Waals surface area contributed by atoms with Crippen LogP contribution in [-0.4, -0.2) is 25.1 Å². The molecule has 0 saturated carbocycles. The summed E-state index contributed by atoms with van der Waals surface area (Å²) < 4.78 is 49.5. The fourth-order valence-corrected chi connectivity index (χ4v) is 1.90. The molecule has 0 heterocycles. The molecule has 0 aliphatic carbocycles. The molecule has 132 valence electrons. The fourth-order valence-electron chi connectivity index (χ4n) is 1.90. The summed E-state index contributed by atoms with van der Waals surface area (Å²) in [5.74, 6) is -5.53. The van der Waals surface area contributed by atoms with Crippen molar-refractivity contribution in [2.24, 2.45) is 0 Å². The Bertz CT molecular complexity index is 793. The summed E-state index contributed by atoms with van der Waals surface area (Å²) in [4.78, 5) is 23.3. The molecule has 5 nitrogen and oxygen atoms in total. The third-order valence-corrected chi connectivity index (χ3v) is 3.25. The molecule has 1 atom stereocenters. The van der Waals surface area contributed by atoms with E-state index in [1.54, 1.807) is 0 Å². The number of carbonyl (C=O) groups is 2. The van der Waals surface area contributed by atoms with Gasteiger partial charge >= 0.3 is 5.97 Å². The van der Waals surface area contributed by atoms with E-state index in [1.807, 2.05) is 0 Å². The van der Waals surface area contributed by atoms with Crippen molar-refractivity contribution >= 4 is 17.6 Å². The molecule has 0 aliphatic rings. The number of halogens is 3. The Hall–Kier alpha value is -3.03. The number of nitrogens with one attached hydrogen (secondary N) is 1. The second-order valence-corrected chi connectivity index (χ2v) is 4.99. The third-order valence-electron chi connectivity index (χ3n) is 3.25. The van der Waals surface area contributed by atoms with E-state index in [4.69, 9.17) is 4.74 Å². The van der Waals surface area contributed by atoms with Crippen LogP contribution in [0.25, 0.3) is 0 Å². The second kappa shape index (κ2) is 7.69. The highest BCUT2D eigenvalue weighted by Crippen LogP contribution is 2.20. The number of anilines is 1. The number of carbonyl (C=O) groups excluding carboxylic acids is 2. The maximum Gasteiger partial charge on any atom is 0.337 e. The molecule has 0 spiro atoms. The molecule has 8 heteroatoms. The normalized spacial score (nSPS) is 11.6. The summed E-state index contributed by atoms with van der Waals surface area (Å²) in [7, 11) is 1.25. The van der Waals surface area contributed by atoms with Gasteiger partial charge in [-0.3, -0.25) is 4.79 Å². The molecule has 0 saturated heterocycles. The van der Waals surface area contributed by atoms with Gasteiger partial charge in [-0.2, -0.15) is 0 Å². The summed E-state index contributed by atoms with van der Waals surface area (Å²) >= 11 is 0. The van der Waals surface area contributed by atoms with Crippen molar-refractivity contribution in [1.82, 2.24) is 0 Å². The quantitative estimate of drug-likeness (QED) is 0.662. The monoisotopic (exact) mass is 353 g/mol. The van der Waals surface area contributed by atoms with Gasteiger partial charge in [0.25, 0.3) is 5.91 Å². The van der Waals surface area contributed by atoms with Crippen molar-refractivity contribution in [2.75, 3.05) is 12.4 Å². The number of esters is 1. The van der Waals surface area contributed by atoms with E-state index in [0.717, 1.165) is 6.07 Å². The number of hydrogen-bond donors (Lipinski definition) is 1. The van der Waals surface area contributed by atoms with Gasteiger partial charge in [0.15, 0.2) is 23.6 Å². The van der Waals surface area contributed by atoms with Gasteiger partial charge in [-0.05, 0) is 43.3 Å². The zero-order valence-corrected chi connectivity index (χ0v) is 13.3. The van der Waals surface area contributed by atoms with Gasteiger partial charge in [-0.1, -0.05) is 0 Å². The van der Waals surface area contributed by atoms with E-state index in [1.165, 1.54) is 38.3 Å². The number of methoxy groups -OCH3 is 1. The van der Waals surface area contributed by atoms with E-state index in [0.29, 0.717) is 11.6 Å². The Morgan fingerprint density at radius 3 is 2.24 bits per heavy atom. The van der Waals surface area contributed by atoms with Crippen molar-refractivity contribution in [3.63, 3.8) is 0 Å². The minimum atomic E-state index is -1.68. The van der Waals surface area contributed by atoms with E-state index in [-0.39, 0.29) is 5.75 Å². The lowest BCUT2D eigenvalue weighted by Crippen LogP contribution is -2.30. The molecule has 0 bridgehead atoms. The number of benzene rings is 2. The molecule has 1 amide bonds. The number of amides is 1. The van der Waals surface area contributed by atoms with Crippen LogP contribution in [-0.2, 0) is 9.53 Å². The number of rotatable bonds is 5. The van der Waals surface area contributed by atoms with Crippen LogP contribution >= 0.6 is 0 Å². The molecule has 2 rings (SSSR count). The van der Waals surface area contributed by atoms with Crippen LogP contribution in [0.2, 0.25) is 0 Å². The van der Waals surface area contributed by atoms with Gasteiger partial charge in [0.1, 0.15) is 5.75 Å². The first-order valence-electron chi connectivity index (χ1n) is 7.13. The maximum atomic E-state index is 13.6. The molecule has 0 fully saturated rings. The topological polar surface area (TPSA) is 64.6 Å². The van der Waals surface area contributed by atoms with Crippen molar-refractivity contribution < 1.29 is 32.2 Å². The van der Waals surface area contributed by atoms with Crippen molar-refractivity contribution in [2.45, 2.75) is 13.0 Å². The maximum absolute atomic E-state index is 13.6. The first kappa shape index (κ1) is 18.3. The lowest BCUT2D eigenvalue weighted by atomic mass is 10.2. The van der Waals surface area contributed by atoms with Gasteiger partial charge < -0.3 is 14.8 Å². The summed E-state index contributed by atoms with van der Waals surface area (Å²) in [6.45, 7) is 1.39. The van der Waals surface area contributed by atoms with Crippen molar-refractivity contribution in [1.29, 1.82) is 0 Å². The van der Waals surface area contributed by atoms with Crippen molar-refractivity contribution in [3.05, 3.63) is 59.4 Å². The SMILES string of the molecule is COC(=O)c1ccc(OC(C)C(=O)Nc2ccc(F)c(F)c2F)cc1. The summed E-state index contributed by atoms with van der Waals surface area (Å²) in [5.41, 5.74) is -0.198. The van der Waals surface area contributed by atoms with Gasteiger partial charge in [-0.25, -0.2) is 18.0 Å². The summed E-state index contributed by atoms with van der Waals surface area (Å²) in [6, 6.07) is 7.40. The molecule has 25 heavy (non-hydrogen) atoms. The predicted molar refractivity (Wildman–Crippen MR) is 82.8 cm³/mol. The molecular formula is C17H14F3NO4. The number of ether oxygens (including phenoxy) is 2. The first-order valence-corrected chi connectivity index (χ1v) is 7.13. The van der Waals surface area contributed by atoms with Gasteiger partial charge in [0, 0.05) is 0 Å². The van der Waals surface area contributed by atoms with Crippen LogP contribution < -0.4 is 10.1 Å². The van der Waals surface area contributed by atoms with Gasteiger partial charge in [-0.15, -0.1) is 0 Å². The Balaban J connectivity index is 2.03. The Morgan fingerprint density at radius 2 is 1.64 bits per heavy atom. The van der Waals surface area contributed by atoms with E-state index in [9.17, 15) is 22.8 Å². The van der Waals surface area contributed by atoms with Crippen LogP contribution in [0.1, 0.15) is 17.3 Å². The molecule has 1 unspecified atom stereocenters. The minimum Gasteiger partial charge on any atom is -0.481 e. The minimum absolute atomic E-state index is 0.279. The molecule has 2 aromatic rings. The van der Waals surface area contributed by atoms with E-state index < -0.39 is 41.1 Å². The first-order chi connectivity index (χ1) is 11.8. The standard InChI is InChI=1S/C17H14F3NO4/c1-9(25-11-5-3-10(4-6-11)17(23)24-2)16(22)21-13-8-7-12(18)14(19)15(13)20/h3-9H,1-2H3,(H,21,22). The summed E-state index contributed by atoms with van der Waals surface area (Å²) in [5, 5.41) is 2.12. The van der Waals surface area contributed by atoms with Crippen LogP contribution in [0.15, 0.2) is 36.4 Å². The summed E-state index contributed by atoms with van der Waals surface area (Å²) in [6.07, 6.45) is -1.06. The van der Waals surface area contributed by atoms with E-state index in [2.05, 4.69) is 10.1 Å². The largest absolute Gasteiger partial charge is 0.481 e.